The van der Waals surface area contributed by atoms with Crippen LogP contribution < -0.4 is 10.2 Å². The molecule has 4 nitrogen and oxygen atoms in total. The summed E-state index contributed by atoms with van der Waals surface area (Å²) in [7, 11) is 0. The van der Waals surface area contributed by atoms with E-state index in [9.17, 15) is 0 Å². The summed E-state index contributed by atoms with van der Waals surface area (Å²) in [6.07, 6.45) is 0.850. The molecule has 1 saturated heterocycles. The molecule has 0 amide bonds. The van der Waals surface area contributed by atoms with E-state index in [1.54, 1.807) is 11.3 Å². The SMILES string of the molecule is Cl.Clc1cccc(Cc2csc(N3CCNCC3)n2)c1.O. The third-order valence-corrected chi connectivity index (χ3v) is 4.39. The maximum Gasteiger partial charge on any atom is 0.185 e. The Balaban J connectivity index is 0.00000110. The lowest BCUT2D eigenvalue weighted by molar-refractivity contribution is 0.588. The van der Waals surface area contributed by atoms with E-state index in [1.807, 2.05) is 18.2 Å². The molecule has 0 radical (unpaired) electrons. The van der Waals surface area contributed by atoms with E-state index in [0.717, 1.165) is 48.4 Å². The molecule has 0 atom stereocenters. The fraction of sp³-hybridized carbons (Fsp3) is 0.357. The van der Waals surface area contributed by atoms with Gasteiger partial charge in [0.25, 0.3) is 0 Å². The van der Waals surface area contributed by atoms with E-state index in [1.165, 1.54) is 5.56 Å². The molecule has 21 heavy (non-hydrogen) atoms. The first kappa shape index (κ1) is 18.2. The van der Waals surface area contributed by atoms with Crippen LogP contribution in [0.25, 0.3) is 0 Å². The second kappa shape index (κ2) is 8.56. The zero-order valence-electron chi connectivity index (χ0n) is 11.5. The second-order valence-corrected chi connectivity index (χ2v) is 5.94. The van der Waals surface area contributed by atoms with Crippen molar-refractivity contribution in [1.82, 2.24) is 10.3 Å². The summed E-state index contributed by atoms with van der Waals surface area (Å²) in [5.74, 6) is 0. The predicted molar refractivity (Wildman–Crippen MR) is 92.3 cm³/mol. The largest absolute Gasteiger partial charge is 0.412 e. The number of nitrogens with zero attached hydrogens (tertiary/aromatic N) is 2. The van der Waals surface area contributed by atoms with Gasteiger partial charge in [-0.1, -0.05) is 23.7 Å². The maximum atomic E-state index is 6.01. The van der Waals surface area contributed by atoms with Gasteiger partial charge in [-0.3, -0.25) is 0 Å². The van der Waals surface area contributed by atoms with Gasteiger partial charge in [-0.2, -0.15) is 0 Å². The molecule has 1 aromatic carbocycles. The zero-order chi connectivity index (χ0) is 13.1. The number of nitrogens with one attached hydrogen (secondary N) is 1. The number of benzene rings is 1. The summed E-state index contributed by atoms with van der Waals surface area (Å²) >= 11 is 7.74. The molecule has 3 rings (SSSR count). The van der Waals surface area contributed by atoms with Crippen LogP contribution >= 0.6 is 35.3 Å². The zero-order valence-corrected chi connectivity index (χ0v) is 13.9. The van der Waals surface area contributed by atoms with E-state index in [-0.39, 0.29) is 17.9 Å². The molecule has 0 bridgehead atoms. The van der Waals surface area contributed by atoms with Gasteiger partial charge in [-0.25, -0.2) is 4.98 Å². The van der Waals surface area contributed by atoms with Crippen molar-refractivity contribution < 1.29 is 5.48 Å². The van der Waals surface area contributed by atoms with Crippen LogP contribution in [0, 0.1) is 0 Å². The Morgan fingerprint density at radius 2 is 2.05 bits per heavy atom. The number of anilines is 1. The van der Waals surface area contributed by atoms with Crippen LogP contribution in [0.1, 0.15) is 11.3 Å². The lowest BCUT2D eigenvalue weighted by atomic mass is 10.1. The van der Waals surface area contributed by atoms with Crippen LogP contribution in [0.2, 0.25) is 5.02 Å². The first-order valence-corrected chi connectivity index (χ1v) is 7.71. The van der Waals surface area contributed by atoms with E-state index >= 15 is 0 Å². The number of halogens is 2. The molecule has 116 valence electrons. The Hall–Kier alpha value is -0.850. The lowest BCUT2D eigenvalue weighted by Crippen LogP contribution is -2.43. The molecule has 1 aromatic heterocycles. The molecule has 7 heteroatoms. The van der Waals surface area contributed by atoms with Gasteiger partial charge < -0.3 is 15.7 Å². The number of rotatable bonds is 3. The molecule has 0 spiro atoms. The molecule has 0 saturated carbocycles. The molecule has 1 aliphatic rings. The molecule has 2 heterocycles. The summed E-state index contributed by atoms with van der Waals surface area (Å²) in [4.78, 5) is 7.08. The minimum Gasteiger partial charge on any atom is -0.412 e. The highest BCUT2D eigenvalue weighted by Gasteiger charge is 2.13. The molecule has 2 aromatic rings. The molecular weight excluding hydrogens is 329 g/mol. The van der Waals surface area contributed by atoms with Crippen LogP contribution in [0.15, 0.2) is 29.6 Å². The summed E-state index contributed by atoms with van der Waals surface area (Å²) < 4.78 is 0. The van der Waals surface area contributed by atoms with Gasteiger partial charge in [0.1, 0.15) is 0 Å². The predicted octanol–water partition coefficient (Wildman–Crippen LogP) is 2.39. The molecule has 3 N–H and O–H groups in total. The minimum atomic E-state index is 0. The van der Waals surface area contributed by atoms with Gasteiger partial charge in [0, 0.05) is 43.0 Å². The van der Waals surface area contributed by atoms with Crippen molar-refractivity contribution in [3.8, 4) is 0 Å². The summed E-state index contributed by atoms with van der Waals surface area (Å²) in [6, 6.07) is 7.99. The minimum absolute atomic E-state index is 0. The van der Waals surface area contributed by atoms with E-state index in [4.69, 9.17) is 16.6 Å². The van der Waals surface area contributed by atoms with Crippen LogP contribution in [-0.2, 0) is 6.42 Å². The van der Waals surface area contributed by atoms with Crippen molar-refractivity contribution in [3.05, 3.63) is 45.9 Å². The highest BCUT2D eigenvalue weighted by molar-refractivity contribution is 7.13. The van der Waals surface area contributed by atoms with Crippen molar-refractivity contribution in [3.63, 3.8) is 0 Å². The number of hydrogen-bond acceptors (Lipinski definition) is 4. The van der Waals surface area contributed by atoms with Crippen molar-refractivity contribution >= 4 is 40.5 Å². The third-order valence-electron chi connectivity index (χ3n) is 3.20. The van der Waals surface area contributed by atoms with E-state index < -0.39 is 0 Å². The van der Waals surface area contributed by atoms with Crippen LogP contribution in [0.5, 0.6) is 0 Å². The maximum absolute atomic E-state index is 6.01. The van der Waals surface area contributed by atoms with Gasteiger partial charge in [-0.15, -0.1) is 23.7 Å². The van der Waals surface area contributed by atoms with Gasteiger partial charge in [0.15, 0.2) is 5.13 Å². The smallest absolute Gasteiger partial charge is 0.185 e. The lowest BCUT2D eigenvalue weighted by Gasteiger charge is -2.26. The average molecular weight is 348 g/mol. The second-order valence-electron chi connectivity index (χ2n) is 4.67. The van der Waals surface area contributed by atoms with Crippen molar-refractivity contribution in [1.29, 1.82) is 0 Å². The molecule has 1 fully saturated rings. The summed E-state index contributed by atoms with van der Waals surface area (Å²) in [5, 5.41) is 7.43. The van der Waals surface area contributed by atoms with Crippen molar-refractivity contribution in [2.75, 3.05) is 31.1 Å². The molecule has 0 unspecified atom stereocenters. The van der Waals surface area contributed by atoms with E-state index in [0.29, 0.717) is 0 Å². The molecule has 0 aliphatic carbocycles. The van der Waals surface area contributed by atoms with Crippen molar-refractivity contribution in [2.45, 2.75) is 6.42 Å². The summed E-state index contributed by atoms with van der Waals surface area (Å²) in [5.41, 5.74) is 2.34. The number of thiazole rings is 1. The monoisotopic (exact) mass is 347 g/mol. The number of aromatic nitrogens is 1. The Morgan fingerprint density at radius 3 is 2.76 bits per heavy atom. The third kappa shape index (κ3) is 4.83. The highest BCUT2D eigenvalue weighted by Crippen LogP contribution is 2.23. The average Bonchev–Trinajstić information content (AvgIpc) is 2.88. The van der Waals surface area contributed by atoms with Gasteiger partial charge in [0.05, 0.1) is 5.69 Å². The highest BCUT2D eigenvalue weighted by atomic mass is 35.5. The first-order chi connectivity index (χ1) is 9.31. The Kier molecular flexibility index (Phi) is 7.42. The quantitative estimate of drug-likeness (QED) is 0.927. The summed E-state index contributed by atoms with van der Waals surface area (Å²) in [6.45, 7) is 4.18. The van der Waals surface area contributed by atoms with Gasteiger partial charge >= 0.3 is 0 Å². The van der Waals surface area contributed by atoms with Gasteiger partial charge in [-0.05, 0) is 17.7 Å². The first-order valence-electron chi connectivity index (χ1n) is 6.46. The Bertz CT molecular complexity index is 559. The number of hydrogen-bond donors (Lipinski definition) is 1. The van der Waals surface area contributed by atoms with Crippen LogP contribution in [0.3, 0.4) is 0 Å². The topological polar surface area (TPSA) is 59.7 Å². The van der Waals surface area contributed by atoms with Gasteiger partial charge in [0.2, 0.25) is 0 Å². The Morgan fingerprint density at radius 1 is 1.29 bits per heavy atom. The molecular formula is C14H19Cl2N3OS. The van der Waals surface area contributed by atoms with Crippen molar-refractivity contribution in [2.24, 2.45) is 0 Å². The number of piperazine rings is 1. The fourth-order valence-corrected chi connectivity index (χ4v) is 3.33. The fourth-order valence-electron chi connectivity index (χ4n) is 2.23. The van der Waals surface area contributed by atoms with E-state index in [2.05, 4.69) is 21.7 Å². The standard InChI is InChI=1S/C14H16ClN3S.ClH.H2O/c15-12-3-1-2-11(8-12)9-13-10-19-14(17-13)18-6-4-16-5-7-18;;/h1-3,8,10,16H,4-7,9H2;1H;1H2. The van der Waals surface area contributed by atoms with Crippen LogP contribution in [-0.4, -0.2) is 36.6 Å². The van der Waals surface area contributed by atoms with Crippen LogP contribution in [0.4, 0.5) is 5.13 Å². The Labute approximate surface area is 139 Å². The normalized spacial score (nSPS) is 14.2. The molecule has 1 aliphatic heterocycles.